The van der Waals surface area contributed by atoms with Crippen molar-refractivity contribution in [1.29, 1.82) is 5.26 Å². The second-order valence-corrected chi connectivity index (χ2v) is 6.32. The Morgan fingerprint density at radius 1 is 1.30 bits per heavy atom. The van der Waals surface area contributed by atoms with Crippen molar-refractivity contribution in [3.63, 3.8) is 0 Å². The lowest BCUT2D eigenvalue weighted by atomic mass is 10.1. The van der Waals surface area contributed by atoms with Gasteiger partial charge in [-0.1, -0.05) is 29.3 Å². The van der Waals surface area contributed by atoms with E-state index in [0.717, 1.165) is 5.56 Å². The maximum atomic E-state index is 12.5. The molecule has 1 N–H and O–H groups in total. The van der Waals surface area contributed by atoms with Crippen LogP contribution in [0.1, 0.15) is 18.1 Å². The minimum Gasteiger partial charge on any atom is -0.493 e. The number of nitrogens with zero attached hydrogens (tertiary/aromatic N) is 1. The molecule has 27 heavy (non-hydrogen) atoms. The highest BCUT2D eigenvalue weighted by Crippen LogP contribution is 2.37. The molecule has 2 aromatic rings. The van der Waals surface area contributed by atoms with Crippen LogP contribution in [0, 0.1) is 18.3 Å². The molecule has 7 heteroatoms. The normalized spacial score (nSPS) is 10.9. The van der Waals surface area contributed by atoms with Crippen molar-refractivity contribution >= 4 is 40.9 Å². The zero-order chi connectivity index (χ0) is 20.0. The van der Waals surface area contributed by atoms with Gasteiger partial charge in [0.25, 0.3) is 5.91 Å². The van der Waals surface area contributed by atoms with Crippen molar-refractivity contribution < 1.29 is 14.3 Å². The highest BCUT2D eigenvalue weighted by Gasteiger charge is 2.15. The van der Waals surface area contributed by atoms with E-state index < -0.39 is 5.91 Å². The molecule has 2 rings (SSSR count). The Hall–Kier alpha value is -2.68. The minimum absolute atomic E-state index is 0.0864. The summed E-state index contributed by atoms with van der Waals surface area (Å²) in [5, 5.41) is 12.9. The molecule has 0 atom stereocenters. The van der Waals surface area contributed by atoms with E-state index in [-0.39, 0.29) is 5.57 Å². The largest absolute Gasteiger partial charge is 0.493 e. The molecule has 0 aromatic heterocycles. The van der Waals surface area contributed by atoms with Crippen LogP contribution in [0.4, 0.5) is 5.69 Å². The smallest absolute Gasteiger partial charge is 0.266 e. The molecule has 0 saturated heterocycles. The van der Waals surface area contributed by atoms with E-state index in [1.807, 2.05) is 13.0 Å². The molecule has 0 radical (unpaired) electrons. The number of hydrogen-bond donors (Lipinski definition) is 1. The van der Waals surface area contributed by atoms with E-state index >= 15 is 0 Å². The van der Waals surface area contributed by atoms with Crippen LogP contribution in [0.25, 0.3) is 6.08 Å². The van der Waals surface area contributed by atoms with Gasteiger partial charge in [0.05, 0.1) is 18.7 Å². The topological polar surface area (TPSA) is 71.3 Å². The molecule has 0 bridgehead atoms. The van der Waals surface area contributed by atoms with Crippen LogP contribution in [-0.2, 0) is 4.79 Å². The average Bonchev–Trinajstić information content (AvgIpc) is 2.65. The predicted octanol–water partition coefficient (Wildman–Crippen LogP) is 5.25. The zero-order valence-corrected chi connectivity index (χ0v) is 16.6. The lowest BCUT2D eigenvalue weighted by Gasteiger charge is -2.12. The van der Waals surface area contributed by atoms with Gasteiger partial charge in [-0.2, -0.15) is 5.26 Å². The Bertz CT molecular complexity index is 934. The van der Waals surface area contributed by atoms with Crippen LogP contribution < -0.4 is 14.8 Å². The average molecular weight is 405 g/mol. The molecular weight excluding hydrogens is 387 g/mol. The molecule has 0 aliphatic heterocycles. The third kappa shape index (κ3) is 4.94. The summed E-state index contributed by atoms with van der Waals surface area (Å²) in [4.78, 5) is 12.5. The van der Waals surface area contributed by atoms with Crippen LogP contribution in [0.2, 0.25) is 10.0 Å². The number of amides is 1. The molecule has 1 amide bonds. The molecule has 0 fully saturated rings. The summed E-state index contributed by atoms with van der Waals surface area (Å²) in [6.07, 6.45) is 1.43. The van der Waals surface area contributed by atoms with E-state index in [2.05, 4.69) is 5.32 Å². The Kier molecular flexibility index (Phi) is 7.12. The highest BCUT2D eigenvalue weighted by atomic mass is 35.5. The number of hydrogen-bond acceptors (Lipinski definition) is 4. The van der Waals surface area contributed by atoms with Gasteiger partial charge >= 0.3 is 0 Å². The molecule has 0 spiro atoms. The Labute approximate surface area is 168 Å². The number of anilines is 1. The number of nitrogens with one attached hydrogen (secondary N) is 1. The number of ether oxygens (including phenoxy) is 2. The summed E-state index contributed by atoms with van der Waals surface area (Å²) < 4.78 is 10.7. The molecule has 0 unspecified atom stereocenters. The van der Waals surface area contributed by atoms with E-state index in [9.17, 15) is 10.1 Å². The van der Waals surface area contributed by atoms with Gasteiger partial charge in [-0.25, -0.2) is 0 Å². The number of carbonyl (C=O) groups is 1. The van der Waals surface area contributed by atoms with Gasteiger partial charge in [0.1, 0.15) is 11.6 Å². The monoisotopic (exact) mass is 404 g/mol. The first-order valence-corrected chi connectivity index (χ1v) is 8.85. The predicted molar refractivity (Wildman–Crippen MR) is 108 cm³/mol. The van der Waals surface area contributed by atoms with Gasteiger partial charge in [0.2, 0.25) is 0 Å². The molecule has 0 aliphatic rings. The summed E-state index contributed by atoms with van der Waals surface area (Å²) in [6.45, 7) is 4.04. The number of halogens is 2. The molecular formula is C20H18Cl2N2O3. The summed E-state index contributed by atoms with van der Waals surface area (Å²) >= 11 is 12.3. The fourth-order valence-electron chi connectivity index (χ4n) is 2.36. The summed E-state index contributed by atoms with van der Waals surface area (Å²) in [5.74, 6) is 0.280. The first-order chi connectivity index (χ1) is 12.9. The van der Waals surface area contributed by atoms with Crippen LogP contribution in [-0.4, -0.2) is 19.6 Å². The maximum Gasteiger partial charge on any atom is 0.266 e. The molecule has 140 valence electrons. The molecule has 0 aliphatic carbocycles. The Morgan fingerprint density at radius 2 is 2.04 bits per heavy atom. The van der Waals surface area contributed by atoms with Gasteiger partial charge in [-0.05, 0) is 55.3 Å². The van der Waals surface area contributed by atoms with Crippen molar-refractivity contribution in [2.45, 2.75) is 13.8 Å². The fourth-order valence-corrected chi connectivity index (χ4v) is 2.80. The fraction of sp³-hybridized carbons (Fsp3) is 0.200. The van der Waals surface area contributed by atoms with Gasteiger partial charge in [0.15, 0.2) is 11.5 Å². The summed E-state index contributed by atoms with van der Waals surface area (Å²) in [7, 11) is 1.49. The number of carbonyl (C=O) groups excluding carboxylic acids is 1. The highest BCUT2D eigenvalue weighted by molar-refractivity contribution is 6.32. The van der Waals surface area contributed by atoms with E-state index in [1.165, 1.54) is 13.2 Å². The summed E-state index contributed by atoms with van der Waals surface area (Å²) in [5.41, 5.74) is 1.71. The minimum atomic E-state index is -0.549. The van der Waals surface area contributed by atoms with Gasteiger partial charge in [0, 0.05) is 10.7 Å². The SMILES string of the molecule is CCOc1c(Cl)cc(/C=C(/C#N)C(=O)Nc2cccc(Cl)c2C)cc1OC. The number of nitriles is 1. The lowest BCUT2D eigenvalue weighted by molar-refractivity contribution is -0.112. The third-order valence-corrected chi connectivity index (χ3v) is 4.42. The second kappa shape index (κ2) is 9.31. The lowest BCUT2D eigenvalue weighted by Crippen LogP contribution is -2.14. The van der Waals surface area contributed by atoms with Crippen molar-refractivity contribution in [3.05, 3.63) is 57.1 Å². The molecule has 5 nitrogen and oxygen atoms in total. The van der Waals surface area contributed by atoms with Crippen LogP contribution >= 0.6 is 23.2 Å². The standard InChI is InChI=1S/C20H18Cl2N2O3/c1-4-27-19-16(22)9-13(10-18(19)26-3)8-14(11-23)20(25)24-17-7-5-6-15(21)12(17)2/h5-10H,4H2,1-3H3,(H,24,25)/b14-8-. The first kappa shape index (κ1) is 20.6. The zero-order valence-electron chi connectivity index (χ0n) is 15.1. The van der Waals surface area contributed by atoms with Gasteiger partial charge in [-0.15, -0.1) is 0 Å². The quantitative estimate of drug-likeness (QED) is 0.526. The van der Waals surface area contributed by atoms with Gasteiger partial charge in [-0.3, -0.25) is 4.79 Å². The van der Waals surface area contributed by atoms with Crippen LogP contribution in [0.15, 0.2) is 35.9 Å². The van der Waals surface area contributed by atoms with Gasteiger partial charge < -0.3 is 14.8 Å². The maximum absolute atomic E-state index is 12.5. The third-order valence-electron chi connectivity index (χ3n) is 3.73. The van der Waals surface area contributed by atoms with Crippen LogP contribution in [0.3, 0.4) is 0 Å². The van der Waals surface area contributed by atoms with Crippen molar-refractivity contribution in [1.82, 2.24) is 0 Å². The second-order valence-electron chi connectivity index (χ2n) is 5.50. The molecule has 2 aromatic carbocycles. The van der Waals surface area contributed by atoms with Crippen molar-refractivity contribution in [2.24, 2.45) is 0 Å². The van der Waals surface area contributed by atoms with E-state index in [0.29, 0.717) is 39.4 Å². The molecule has 0 saturated carbocycles. The van der Waals surface area contributed by atoms with Crippen molar-refractivity contribution in [2.75, 3.05) is 19.0 Å². The number of rotatable bonds is 6. The first-order valence-electron chi connectivity index (χ1n) is 8.09. The number of methoxy groups -OCH3 is 1. The Balaban J connectivity index is 2.35. The van der Waals surface area contributed by atoms with Crippen LogP contribution in [0.5, 0.6) is 11.5 Å². The van der Waals surface area contributed by atoms with E-state index in [4.69, 9.17) is 32.7 Å². The number of benzene rings is 2. The summed E-state index contributed by atoms with van der Waals surface area (Å²) in [6, 6.07) is 10.3. The van der Waals surface area contributed by atoms with E-state index in [1.54, 1.807) is 37.3 Å². The molecule has 0 heterocycles. The Morgan fingerprint density at radius 3 is 2.67 bits per heavy atom. The van der Waals surface area contributed by atoms with Crippen molar-refractivity contribution in [3.8, 4) is 17.6 Å².